The quantitative estimate of drug-likeness (QED) is 0.482. The van der Waals surface area contributed by atoms with Gasteiger partial charge in [-0.05, 0) is 52.7 Å². The fourth-order valence-corrected chi connectivity index (χ4v) is 2.18. The summed E-state index contributed by atoms with van der Waals surface area (Å²) >= 11 is 3.48. The minimum absolute atomic E-state index is 0.0594. The average molecular weight is 351 g/mol. The molecule has 0 amide bonds. The molecule has 0 aliphatic carbocycles. The molecule has 6 heteroatoms. The highest BCUT2D eigenvalue weighted by atomic mass is 79.9. The number of nitro groups is 1. The molecule has 0 heterocycles. The molecule has 0 saturated carbocycles. The number of ether oxygens (including phenoxy) is 1. The maximum absolute atomic E-state index is 10.5. The Morgan fingerprint density at radius 3 is 2.62 bits per heavy atom. The summed E-state index contributed by atoms with van der Waals surface area (Å²) in [5.41, 5.74) is 2.25. The minimum atomic E-state index is -0.430. The Kier molecular flexibility index (Phi) is 5.16. The molecule has 0 bridgehead atoms. The van der Waals surface area contributed by atoms with Crippen molar-refractivity contribution >= 4 is 27.3 Å². The first-order valence-electron chi connectivity index (χ1n) is 6.43. The molecular weight excluding hydrogens is 336 g/mol. The second-order valence-electron chi connectivity index (χ2n) is 4.51. The Balaban J connectivity index is 1.81. The lowest BCUT2D eigenvalue weighted by atomic mass is 10.2. The van der Waals surface area contributed by atoms with Gasteiger partial charge in [0.05, 0.1) is 4.92 Å². The largest absolute Gasteiger partial charge is 0.492 e. The number of nitro benzene ring substituents is 1. The highest BCUT2D eigenvalue weighted by Crippen LogP contribution is 2.23. The number of nitrogens with zero attached hydrogens (tertiary/aromatic N) is 1. The van der Waals surface area contributed by atoms with Crippen LogP contribution in [0.3, 0.4) is 0 Å². The lowest BCUT2D eigenvalue weighted by Gasteiger charge is -2.10. The molecule has 1 N–H and O–H groups in total. The minimum Gasteiger partial charge on any atom is -0.492 e. The lowest BCUT2D eigenvalue weighted by Crippen LogP contribution is -2.11. The summed E-state index contributed by atoms with van der Waals surface area (Å²) in [5.74, 6) is 0.616. The van der Waals surface area contributed by atoms with Crippen molar-refractivity contribution in [2.24, 2.45) is 0 Å². The van der Waals surface area contributed by atoms with Crippen LogP contribution in [0, 0.1) is 17.0 Å². The molecule has 0 aromatic heterocycles. The first-order valence-corrected chi connectivity index (χ1v) is 7.23. The lowest BCUT2D eigenvalue weighted by molar-refractivity contribution is -0.384. The van der Waals surface area contributed by atoms with Gasteiger partial charge < -0.3 is 10.1 Å². The highest BCUT2D eigenvalue weighted by molar-refractivity contribution is 9.10. The molecule has 5 nitrogen and oxygen atoms in total. The Morgan fingerprint density at radius 2 is 1.95 bits per heavy atom. The van der Waals surface area contributed by atoms with Crippen LogP contribution in [0.25, 0.3) is 0 Å². The Labute approximate surface area is 131 Å². The van der Waals surface area contributed by atoms with E-state index >= 15 is 0 Å². The third-order valence-electron chi connectivity index (χ3n) is 2.86. The van der Waals surface area contributed by atoms with Gasteiger partial charge in [-0.25, -0.2) is 0 Å². The molecule has 0 unspecified atom stereocenters. The van der Waals surface area contributed by atoms with E-state index in [1.165, 1.54) is 17.7 Å². The molecule has 2 rings (SSSR count). The van der Waals surface area contributed by atoms with Crippen LogP contribution >= 0.6 is 15.9 Å². The number of rotatable bonds is 6. The molecule has 0 fully saturated rings. The van der Waals surface area contributed by atoms with Gasteiger partial charge in [-0.1, -0.05) is 6.07 Å². The van der Waals surface area contributed by atoms with Crippen LogP contribution in [-0.2, 0) is 0 Å². The molecule has 0 atom stereocenters. The number of hydrogen-bond acceptors (Lipinski definition) is 4. The number of halogens is 1. The van der Waals surface area contributed by atoms with Gasteiger partial charge in [0.25, 0.3) is 5.69 Å². The van der Waals surface area contributed by atoms with Gasteiger partial charge in [0, 0.05) is 28.8 Å². The predicted molar refractivity (Wildman–Crippen MR) is 86.0 cm³/mol. The topological polar surface area (TPSA) is 64.4 Å². The van der Waals surface area contributed by atoms with Crippen molar-refractivity contribution in [1.82, 2.24) is 0 Å². The Bertz CT molecular complexity index is 629. The van der Waals surface area contributed by atoms with Gasteiger partial charge in [-0.3, -0.25) is 10.1 Å². The molecule has 0 aliphatic heterocycles. The van der Waals surface area contributed by atoms with Crippen molar-refractivity contribution in [3.63, 3.8) is 0 Å². The van der Waals surface area contributed by atoms with Crippen LogP contribution in [0.5, 0.6) is 5.75 Å². The van der Waals surface area contributed by atoms with E-state index in [0.29, 0.717) is 18.9 Å². The van der Waals surface area contributed by atoms with Gasteiger partial charge in [0.1, 0.15) is 12.4 Å². The first kappa shape index (κ1) is 15.3. The zero-order valence-corrected chi connectivity index (χ0v) is 13.1. The van der Waals surface area contributed by atoms with Crippen molar-refractivity contribution < 1.29 is 9.66 Å². The fourth-order valence-electron chi connectivity index (χ4n) is 1.79. The van der Waals surface area contributed by atoms with Crippen molar-refractivity contribution in [3.05, 3.63) is 62.6 Å². The number of aryl methyl sites for hydroxylation is 1. The van der Waals surface area contributed by atoms with E-state index in [0.717, 1.165) is 10.2 Å². The van der Waals surface area contributed by atoms with E-state index in [4.69, 9.17) is 4.74 Å². The summed E-state index contributed by atoms with van der Waals surface area (Å²) in [6.07, 6.45) is 0. The monoisotopic (exact) mass is 350 g/mol. The normalized spacial score (nSPS) is 10.2. The maximum Gasteiger partial charge on any atom is 0.269 e. The van der Waals surface area contributed by atoms with Crippen molar-refractivity contribution in [3.8, 4) is 5.75 Å². The van der Waals surface area contributed by atoms with Gasteiger partial charge in [0.2, 0.25) is 0 Å². The number of anilines is 1. The van der Waals surface area contributed by atoms with Crippen molar-refractivity contribution in [2.75, 3.05) is 18.5 Å². The standard InChI is InChI=1S/C15H15BrN2O3/c1-11-2-7-14(16)15(10-11)17-8-9-21-13-5-3-12(4-6-13)18(19)20/h2-7,10,17H,8-9H2,1H3. The first-order chi connectivity index (χ1) is 10.1. The van der Waals surface area contributed by atoms with Crippen LogP contribution in [0.2, 0.25) is 0 Å². The third-order valence-corrected chi connectivity index (χ3v) is 3.55. The van der Waals surface area contributed by atoms with E-state index in [1.54, 1.807) is 12.1 Å². The number of nitrogens with one attached hydrogen (secondary N) is 1. The predicted octanol–water partition coefficient (Wildman–Crippen LogP) is 4.16. The Morgan fingerprint density at radius 1 is 1.24 bits per heavy atom. The molecule has 0 spiro atoms. The van der Waals surface area contributed by atoms with E-state index in [2.05, 4.69) is 27.3 Å². The van der Waals surface area contributed by atoms with Gasteiger partial charge >= 0.3 is 0 Å². The average Bonchev–Trinajstić information content (AvgIpc) is 2.47. The zero-order chi connectivity index (χ0) is 15.2. The molecule has 21 heavy (non-hydrogen) atoms. The second-order valence-corrected chi connectivity index (χ2v) is 5.36. The van der Waals surface area contributed by atoms with Gasteiger partial charge in [0.15, 0.2) is 0 Å². The van der Waals surface area contributed by atoms with E-state index in [-0.39, 0.29) is 5.69 Å². The van der Waals surface area contributed by atoms with E-state index < -0.39 is 4.92 Å². The van der Waals surface area contributed by atoms with Crippen LogP contribution in [-0.4, -0.2) is 18.1 Å². The summed E-state index contributed by atoms with van der Waals surface area (Å²) in [6.45, 7) is 3.14. The fraction of sp³-hybridized carbons (Fsp3) is 0.200. The molecule has 0 saturated heterocycles. The smallest absolute Gasteiger partial charge is 0.269 e. The van der Waals surface area contributed by atoms with E-state index in [1.807, 2.05) is 19.1 Å². The van der Waals surface area contributed by atoms with Crippen molar-refractivity contribution in [1.29, 1.82) is 0 Å². The zero-order valence-electron chi connectivity index (χ0n) is 11.5. The number of non-ortho nitro benzene ring substituents is 1. The van der Waals surface area contributed by atoms with Crippen LogP contribution in [0.4, 0.5) is 11.4 Å². The summed E-state index contributed by atoms with van der Waals surface area (Å²) in [7, 11) is 0. The summed E-state index contributed by atoms with van der Waals surface area (Å²) < 4.78 is 6.54. The molecule has 0 radical (unpaired) electrons. The van der Waals surface area contributed by atoms with Gasteiger partial charge in [-0.15, -0.1) is 0 Å². The van der Waals surface area contributed by atoms with Crippen LogP contribution < -0.4 is 10.1 Å². The van der Waals surface area contributed by atoms with Crippen LogP contribution in [0.15, 0.2) is 46.9 Å². The third kappa shape index (κ3) is 4.46. The van der Waals surface area contributed by atoms with Crippen LogP contribution in [0.1, 0.15) is 5.56 Å². The highest BCUT2D eigenvalue weighted by Gasteiger charge is 2.04. The summed E-state index contributed by atoms with van der Waals surface area (Å²) in [4.78, 5) is 10.1. The second kappa shape index (κ2) is 7.08. The summed E-state index contributed by atoms with van der Waals surface area (Å²) in [5, 5.41) is 13.8. The number of hydrogen-bond donors (Lipinski definition) is 1. The van der Waals surface area contributed by atoms with E-state index in [9.17, 15) is 10.1 Å². The SMILES string of the molecule is Cc1ccc(Br)c(NCCOc2ccc([N+](=O)[O-])cc2)c1. The Hall–Kier alpha value is -2.08. The molecular formula is C15H15BrN2O3. The molecule has 110 valence electrons. The molecule has 2 aromatic rings. The van der Waals surface area contributed by atoms with Gasteiger partial charge in [-0.2, -0.15) is 0 Å². The number of benzene rings is 2. The van der Waals surface area contributed by atoms with Crippen molar-refractivity contribution in [2.45, 2.75) is 6.92 Å². The summed E-state index contributed by atoms with van der Waals surface area (Å²) in [6, 6.07) is 12.1. The molecule has 2 aromatic carbocycles. The maximum atomic E-state index is 10.5. The molecule has 0 aliphatic rings.